The number of fused-ring (bicyclic) bond motifs is 1. The zero-order valence-electron chi connectivity index (χ0n) is 11.4. The van der Waals surface area contributed by atoms with E-state index in [-0.39, 0.29) is 17.1 Å². The number of aliphatic hydroxyl groups excluding tert-OH is 1. The van der Waals surface area contributed by atoms with Gasteiger partial charge in [-0.15, -0.1) is 0 Å². The van der Waals surface area contributed by atoms with Gasteiger partial charge in [0, 0.05) is 5.92 Å². The Kier molecular flexibility index (Phi) is 3.19. The first kappa shape index (κ1) is 12.8. The lowest BCUT2D eigenvalue weighted by molar-refractivity contribution is -0.122. The molecular weight excluding hydrogens is 212 g/mol. The highest BCUT2D eigenvalue weighted by Crippen LogP contribution is 2.52. The Labute approximate surface area is 104 Å². The Hall–Kier alpha value is -0.630. The molecule has 0 heterocycles. The Morgan fingerprint density at radius 1 is 1.41 bits per heavy atom. The van der Waals surface area contributed by atoms with Gasteiger partial charge in [-0.05, 0) is 48.2 Å². The highest BCUT2D eigenvalue weighted by molar-refractivity contribution is 5.94. The van der Waals surface area contributed by atoms with Gasteiger partial charge in [0.05, 0.1) is 6.10 Å². The summed E-state index contributed by atoms with van der Waals surface area (Å²) < 4.78 is 0. The fourth-order valence-electron chi connectivity index (χ4n) is 3.51. The van der Waals surface area contributed by atoms with Gasteiger partial charge in [0.2, 0.25) is 0 Å². The van der Waals surface area contributed by atoms with Crippen molar-refractivity contribution in [3.8, 4) is 0 Å². The van der Waals surface area contributed by atoms with Crippen LogP contribution in [-0.2, 0) is 4.79 Å². The molecule has 0 radical (unpaired) electrons. The maximum absolute atomic E-state index is 12.1. The standard InChI is InChI=1S/C15H24O2/c1-9(2)11-8-15(4)10(3)5-6-13(16)12(15)7-14(11)17/h7,9-11,13,16H,5-6,8H2,1-4H3/t10-,11+,13-,15+/m0/s1. The van der Waals surface area contributed by atoms with Crippen molar-refractivity contribution in [3.63, 3.8) is 0 Å². The molecule has 2 heteroatoms. The van der Waals surface area contributed by atoms with Crippen molar-refractivity contribution in [2.24, 2.45) is 23.2 Å². The van der Waals surface area contributed by atoms with Gasteiger partial charge < -0.3 is 5.11 Å². The predicted molar refractivity (Wildman–Crippen MR) is 68.5 cm³/mol. The molecule has 1 fully saturated rings. The third kappa shape index (κ3) is 1.97. The monoisotopic (exact) mass is 236 g/mol. The first-order valence-corrected chi connectivity index (χ1v) is 6.80. The minimum absolute atomic E-state index is 0.0283. The molecule has 2 aliphatic rings. The SMILES string of the molecule is CC(C)[C@H]1C[C@@]2(C)C(=CC1=O)[C@@H](O)CC[C@@H]2C. The lowest BCUT2D eigenvalue weighted by Gasteiger charge is -2.48. The van der Waals surface area contributed by atoms with Crippen molar-refractivity contribution < 1.29 is 9.90 Å². The molecule has 1 saturated carbocycles. The van der Waals surface area contributed by atoms with E-state index in [0.717, 1.165) is 24.8 Å². The van der Waals surface area contributed by atoms with Gasteiger partial charge in [0.1, 0.15) is 0 Å². The molecule has 17 heavy (non-hydrogen) atoms. The topological polar surface area (TPSA) is 37.3 Å². The molecule has 0 unspecified atom stereocenters. The van der Waals surface area contributed by atoms with Crippen LogP contribution < -0.4 is 0 Å². The molecule has 0 aromatic heterocycles. The molecule has 0 bridgehead atoms. The number of aliphatic hydroxyl groups is 1. The van der Waals surface area contributed by atoms with Crippen LogP contribution in [-0.4, -0.2) is 17.0 Å². The Morgan fingerprint density at radius 2 is 2.06 bits per heavy atom. The fraction of sp³-hybridized carbons (Fsp3) is 0.800. The zero-order valence-corrected chi connectivity index (χ0v) is 11.4. The van der Waals surface area contributed by atoms with Crippen molar-refractivity contribution in [1.82, 2.24) is 0 Å². The average molecular weight is 236 g/mol. The quantitative estimate of drug-likeness (QED) is 0.760. The first-order chi connectivity index (χ1) is 7.86. The van der Waals surface area contributed by atoms with Gasteiger partial charge in [-0.1, -0.05) is 27.7 Å². The first-order valence-electron chi connectivity index (χ1n) is 6.80. The summed E-state index contributed by atoms with van der Waals surface area (Å²) in [6.07, 6.45) is 4.14. The van der Waals surface area contributed by atoms with E-state index in [2.05, 4.69) is 27.7 Å². The molecule has 2 rings (SSSR count). The highest BCUT2D eigenvalue weighted by atomic mass is 16.3. The molecule has 0 saturated heterocycles. The number of allylic oxidation sites excluding steroid dienone is 1. The van der Waals surface area contributed by atoms with E-state index in [9.17, 15) is 9.90 Å². The summed E-state index contributed by atoms with van der Waals surface area (Å²) in [5.74, 6) is 1.31. The van der Waals surface area contributed by atoms with Gasteiger partial charge in [-0.3, -0.25) is 4.79 Å². The second-order valence-corrected chi connectivity index (χ2v) is 6.47. The molecule has 96 valence electrons. The normalized spacial score (nSPS) is 42.4. The van der Waals surface area contributed by atoms with Gasteiger partial charge >= 0.3 is 0 Å². The van der Waals surface area contributed by atoms with Crippen LogP contribution in [0.3, 0.4) is 0 Å². The number of rotatable bonds is 1. The zero-order chi connectivity index (χ0) is 12.8. The molecule has 4 atom stereocenters. The Balaban J connectivity index is 2.40. The Bertz CT molecular complexity index is 356. The second kappa shape index (κ2) is 4.24. The summed E-state index contributed by atoms with van der Waals surface area (Å²) in [7, 11) is 0. The number of hydrogen-bond donors (Lipinski definition) is 1. The summed E-state index contributed by atoms with van der Waals surface area (Å²) >= 11 is 0. The van der Waals surface area contributed by atoms with Crippen molar-refractivity contribution in [2.45, 2.75) is 53.1 Å². The second-order valence-electron chi connectivity index (χ2n) is 6.47. The highest BCUT2D eigenvalue weighted by Gasteiger charge is 2.47. The summed E-state index contributed by atoms with van der Waals surface area (Å²) in [6.45, 7) is 8.73. The maximum Gasteiger partial charge on any atom is 0.159 e. The summed E-state index contributed by atoms with van der Waals surface area (Å²) in [5.41, 5.74) is 1.03. The minimum Gasteiger partial charge on any atom is -0.389 e. The molecule has 0 aromatic carbocycles. The molecule has 0 amide bonds. The van der Waals surface area contributed by atoms with Crippen LogP contribution in [0.15, 0.2) is 11.6 Å². The van der Waals surface area contributed by atoms with Crippen molar-refractivity contribution in [1.29, 1.82) is 0 Å². The van der Waals surface area contributed by atoms with Crippen molar-refractivity contribution in [2.75, 3.05) is 0 Å². The lowest BCUT2D eigenvalue weighted by atomic mass is 9.56. The molecule has 0 spiro atoms. The van der Waals surface area contributed by atoms with Gasteiger partial charge in [0.25, 0.3) is 0 Å². The van der Waals surface area contributed by atoms with E-state index in [4.69, 9.17) is 0 Å². The van der Waals surface area contributed by atoms with Crippen LogP contribution in [0, 0.1) is 23.2 Å². The maximum atomic E-state index is 12.1. The van der Waals surface area contributed by atoms with Crippen molar-refractivity contribution in [3.05, 3.63) is 11.6 Å². The van der Waals surface area contributed by atoms with E-state index < -0.39 is 6.10 Å². The third-order valence-corrected chi connectivity index (χ3v) is 5.09. The lowest BCUT2D eigenvalue weighted by Crippen LogP contribution is -2.45. The number of carbonyl (C=O) groups excluding carboxylic acids is 1. The van der Waals surface area contributed by atoms with Gasteiger partial charge in [-0.2, -0.15) is 0 Å². The average Bonchev–Trinajstić information content (AvgIpc) is 2.26. The van der Waals surface area contributed by atoms with E-state index in [1.165, 1.54) is 0 Å². The summed E-state index contributed by atoms with van der Waals surface area (Å²) in [6, 6.07) is 0. The molecular formula is C15H24O2. The van der Waals surface area contributed by atoms with E-state index in [1.54, 1.807) is 6.08 Å². The summed E-state index contributed by atoms with van der Waals surface area (Å²) in [4.78, 5) is 12.1. The number of carbonyl (C=O) groups is 1. The number of hydrogen-bond acceptors (Lipinski definition) is 2. The van der Waals surface area contributed by atoms with E-state index >= 15 is 0 Å². The molecule has 2 aliphatic carbocycles. The largest absolute Gasteiger partial charge is 0.389 e. The molecule has 0 aromatic rings. The molecule has 2 nitrogen and oxygen atoms in total. The van der Waals surface area contributed by atoms with Gasteiger partial charge in [-0.25, -0.2) is 0 Å². The van der Waals surface area contributed by atoms with Crippen LogP contribution in [0.1, 0.15) is 47.0 Å². The van der Waals surface area contributed by atoms with Crippen LogP contribution >= 0.6 is 0 Å². The predicted octanol–water partition coefficient (Wildman–Crippen LogP) is 2.95. The van der Waals surface area contributed by atoms with Crippen LogP contribution in [0.25, 0.3) is 0 Å². The minimum atomic E-state index is -0.395. The summed E-state index contributed by atoms with van der Waals surface area (Å²) in [5, 5.41) is 10.1. The number of ketones is 1. The van der Waals surface area contributed by atoms with Crippen molar-refractivity contribution >= 4 is 5.78 Å². The van der Waals surface area contributed by atoms with Crippen LogP contribution in [0.4, 0.5) is 0 Å². The van der Waals surface area contributed by atoms with Gasteiger partial charge in [0.15, 0.2) is 5.78 Å². The molecule has 0 aliphatic heterocycles. The van der Waals surface area contributed by atoms with E-state index in [1.807, 2.05) is 0 Å². The molecule has 1 N–H and O–H groups in total. The third-order valence-electron chi connectivity index (χ3n) is 5.09. The van der Waals surface area contributed by atoms with Crippen LogP contribution in [0.5, 0.6) is 0 Å². The Morgan fingerprint density at radius 3 is 2.65 bits per heavy atom. The van der Waals surface area contributed by atoms with Crippen LogP contribution in [0.2, 0.25) is 0 Å². The van der Waals surface area contributed by atoms with E-state index in [0.29, 0.717) is 11.8 Å². The fourth-order valence-corrected chi connectivity index (χ4v) is 3.51. The smallest absolute Gasteiger partial charge is 0.159 e.